The number of aryl methyl sites for hydroxylation is 1. The van der Waals surface area contributed by atoms with Crippen LogP contribution in [-0.2, 0) is 31.6 Å². The normalized spacial score (nSPS) is 17.2. The SMILES string of the molecule is COC(=O)CCC(C(N)=O)c1nn(C)c2cc(OCCN3CCC4(CC3)C(=O)Nc3ccc(Cl)cc34)ccc12. The number of primary amides is 1. The highest BCUT2D eigenvalue weighted by molar-refractivity contribution is 6.31. The number of amides is 2. The Morgan fingerprint density at radius 1 is 1.21 bits per heavy atom. The lowest BCUT2D eigenvalue weighted by atomic mass is 9.73. The van der Waals surface area contributed by atoms with Gasteiger partial charge in [0.1, 0.15) is 12.4 Å². The van der Waals surface area contributed by atoms with Crippen LogP contribution in [0.25, 0.3) is 10.9 Å². The molecule has 0 saturated carbocycles. The zero-order valence-corrected chi connectivity index (χ0v) is 22.8. The van der Waals surface area contributed by atoms with E-state index in [1.165, 1.54) is 7.11 Å². The Morgan fingerprint density at radius 3 is 2.69 bits per heavy atom. The number of benzene rings is 2. The third kappa shape index (κ3) is 5.18. The van der Waals surface area contributed by atoms with Crippen molar-refractivity contribution in [3.8, 4) is 5.75 Å². The molecule has 1 fully saturated rings. The van der Waals surface area contributed by atoms with E-state index in [0.29, 0.717) is 23.1 Å². The number of carbonyl (C=O) groups excluding carboxylic acids is 3. The molecule has 1 saturated heterocycles. The van der Waals surface area contributed by atoms with Gasteiger partial charge < -0.3 is 20.5 Å². The summed E-state index contributed by atoms with van der Waals surface area (Å²) in [5.74, 6) is -0.893. The van der Waals surface area contributed by atoms with Crippen LogP contribution in [0.2, 0.25) is 5.02 Å². The van der Waals surface area contributed by atoms with Crippen molar-refractivity contribution in [2.75, 3.05) is 38.7 Å². The van der Waals surface area contributed by atoms with Gasteiger partial charge in [-0.2, -0.15) is 5.10 Å². The van der Waals surface area contributed by atoms with Crippen LogP contribution < -0.4 is 15.8 Å². The second kappa shape index (κ2) is 10.9. The number of fused-ring (bicyclic) bond motifs is 3. The molecule has 2 aliphatic heterocycles. The van der Waals surface area contributed by atoms with Gasteiger partial charge in [-0.25, -0.2) is 0 Å². The van der Waals surface area contributed by atoms with Gasteiger partial charge in [-0.3, -0.25) is 24.0 Å². The summed E-state index contributed by atoms with van der Waals surface area (Å²) in [7, 11) is 3.10. The third-order valence-electron chi connectivity index (χ3n) is 7.96. The summed E-state index contributed by atoms with van der Waals surface area (Å²) in [6.45, 7) is 2.78. The van der Waals surface area contributed by atoms with Crippen LogP contribution in [0.1, 0.15) is 42.9 Å². The van der Waals surface area contributed by atoms with Crippen LogP contribution in [0, 0.1) is 0 Å². The molecule has 206 valence electrons. The summed E-state index contributed by atoms with van der Waals surface area (Å²) in [5.41, 5.74) is 8.33. The minimum absolute atomic E-state index is 0.0587. The summed E-state index contributed by atoms with van der Waals surface area (Å²) in [6.07, 6.45) is 1.76. The fraction of sp³-hybridized carbons (Fsp3) is 0.429. The van der Waals surface area contributed by atoms with Crippen LogP contribution in [0.4, 0.5) is 5.69 Å². The Balaban J connectivity index is 1.20. The van der Waals surface area contributed by atoms with Crippen molar-refractivity contribution in [1.29, 1.82) is 0 Å². The number of likely N-dealkylation sites (tertiary alicyclic amines) is 1. The van der Waals surface area contributed by atoms with Gasteiger partial charge in [0.25, 0.3) is 0 Å². The predicted octanol–water partition coefficient (Wildman–Crippen LogP) is 3.11. The van der Waals surface area contributed by atoms with E-state index >= 15 is 0 Å². The molecule has 1 aromatic heterocycles. The Kier molecular flexibility index (Phi) is 7.51. The smallest absolute Gasteiger partial charge is 0.305 e. The minimum atomic E-state index is -0.702. The molecule has 2 amide bonds. The average Bonchev–Trinajstić information content (AvgIpc) is 3.38. The van der Waals surface area contributed by atoms with E-state index in [9.17, 15) is 14.4 Å². The number of hydrogen-bond acceptors (Lipinski definition) is 7. The van der Waals surface area contributed by atoms with Crippen molar-refractivity contribution in [3.05, 3.63) is 52.7 Å². The molecule has 5 rings (SSSR count). The Bertz CT molecular complexity index is 1430. The van der Waals surface area contributed by atoms with E-state index in [1.807, 2.05) is 30.3 Å². The van der Waals surface area contributed by atoms with Crippen molar-refractivity contribution in [2.45, 2.75) is 37.0 Å². The molecule has 1 unspecified atom stereocenters. The molecule has 3 heterocycles. The largest absolute Gasteiger partial charge is 0.492 e. The fourth-order valence-electron chi connectivity index (χ4n) is 5.72. The molecule has 0 aliphatic carbocycles. The fourth-order valence-corrected chi connectivity index (χ4v) is 5.90. The predicted molar refractivity (Wildman–Crippen MR) is 147 cm³/mol. The average molecular weight is 554 g/mol. The highest BCUT2D eigenvalue weighted by atomic mass is 35.5. The van der Waals surface area contributed by atoms with Gasteiger partial charge in [0.2, 0.25) is 11.8 Å². The number of aromatic nitrogens is 2. The second-order valence-corrected chi connectivity index (χ2v) is 10.6. The van der Waals surface area contributed by atoms with Crippen LogP contribution in [0.15, 0.2) is 36.4 Å². The second-order valence-electron chi connectivity index (χ2n) is 10.2. The van der Waals surface area contributed by atoms with Crippen molar-refractivity contribution >= 4 is 46.0 Å². The summed E-state index contributed by atoms with van der Waals surface area (Å²) < 4.78 is 12.4. The van der Waals surface area contributed by atoms with Crippen LogP contribution in [0.5, 0.6) is 5.75 Å². The summed E-state index contributed by atoms with van der Waals surface area (Å²) in [6, 6.07) is 11.2. The molecule has 3 aromatic rings. The van der Waals surface area contributed by atoms with Gasteiger partial charge in [0.15, 0.2) is 0 Å². The maximum Gasteiger partial charge on any atom is 0.305 e. The van der Waals surface area contributed by atoms with Gasteiger partial charge in [-0.15, -0.1) is 0 Å². The first kappa shape index (κ1) is 27.0. The first-order valence-corrected chi connectivity index (χ1v) is 13.4. The van der Waals surface area contributed by atoms with Crippen molar-refractivity contribution in [3.63, 3.8) is 0 Å². The van der Waals surface area contributed by atoms with Crippen molar-refractivity contribution in [1.82, 2.24) is 14.7 Å². The number of ether oxygens (including phenoxy) is 2. The standard InChI is InChI=1S/C28H32ClN5O5/c1-33-23-16-18(4-5-19(23)25(32-33)20(26(30)36)6-8-24(35)38-2)39-14-13-34-11-9-28(10-12-34)21-15-17(29)3-7-22(21)31-27(28)37/h3-5,7,15-16,20H,6,8-14H2,1-2H3,(H2,30,36)(H,31,37). The van der Waals surface area contributed by atoms with E-state index in [-0.39, 0.29) is 18.7 Å². The van der Waals surface area contributed by atoms with Crippen molar-refractivity contribution < 1.29 is 23.9 Å². The topological polar surface area (TPSA) is 129 Å². The highest BCUT2D eigenvalue weighted by Gasteiger charge is 2.48. The lowest BCUT2D eigenvalue weighted by Crippen LogP contribution is -2.47. The maximum atomic E-state index is 12.9. The molecule has 1 atom stereocenters. The molecule has 0 radical (unpaired) electrons. The van der Waals surface area contributed by atoms with E-state index in [0.717, 1.165) is 54.6 Å². The van der Waals surface area contributed by atoms with E-state index < -0.39 is 23.2 Å². The van der Waals surface area contributed by atoms with Gasteiger partial charge in [0, 0.05) is 42.2 Å². The van der Waals surface area contributed by atoms with E-state index in [2.05, 4.69) is 15.3 Å². The van der Waals surface area contributed by atoms with Crippen LogP contribution in [-0.4, -0.2) is 65.8 Å². The number of halogens is 1. The molecule has 39 heavy (non-hydrogen) atoms. The first-order valence-electron chi connectivity index (χ1n) is 13.0. The number of nitrogens with one attached hydrogen (secondary N) is 1. The Hall–Kier alpha value is -3.63. The number of esters is 1. The quantitative estimate of drug-likeness (QED) is 0.389. The summed E-state index contributed by atoms with van der Waals surface area (Å²) in [5, 5.41) is 8.98. The van der Waals surface area contributed by atoms with Gasteiger partial charge in [0.05, 0.1) is 29.7 Å². The van der Waals surface area contributed by atoms with Crippen LogP contribution >= 0.6 is 11.6 Å². The zero-order valence-electron chi connectivity index (χ0n) is 22.0. The number of piperidine rings is 1. The highest BCUT2D eigenvalue weighted by Crippen LogP contribution is 2.45. The molecule has 11 heteroatoms. The molecule has 2 aliphatic rings. The van der Waals surface area contributed by atoms with Gasteiger partial charge in [-0.1, -0.05) is 11.6 Å². The summed E-state index contributed by atoms with van der Waals surface area (Å²) in [4.78, 5) is 38.9. The monoisotopic (exact) mass is 553 g/mol. The molecule has 0 bridgehead atoms. The number of nitrogens with zero attached hydrogens (tertiary/aromatic N) is 3. The van der Waals surface area contributed by atoms with E-state index in [1.54, 1.807) is 17.8 Å². The molecule has 1 spiro atoms. The maximum absolute atomic E-state index is 12.9. The zero-order chi connectivity index (χ0) is 27.7. The Labute approximate surface area is 231 Å². The molecule has 2 aromatic carbocycles. The number of rotatable bonds is 9. The molecule has 10 nitrogen and oxygen atoms in total. The first-order chi connectivity index (χ1) is 18.7. The Morgan fingerprint density at radius 2 is 1.97 bits per heavy atom. The van der Waals surface area contributed by atoms with Crippen LogP contribution in [0.3, 0.4) is 0 Å². The minimum Gasteiger partial charge on any atom is -0.492 e. The number of carbonyl (C=O) groups is 3. The van der Waals surface area contributed by atoms with Gasteiger partial charge in [-0.05, 0) is 68.2 Å². The number of methoxy groups -OCH3 is 1. The number of hydrogen-bond donors (Lipinski definition) is 2. The number of nitrogens with two attached hydrogens (primary N) is 1. The molecular weight excluding hydrogens is 522 g/mol. The molecular formula is C28H32ClN5O5. The lowest BCUT2D eigenvalue weighted by molar-refractivity contribution is -0.140. The lowest BCUT2D eigenvalue weighted by Gasteiger charge is -2.37. The van der Waals surface area contributed by atoms with E-state index in [4.69, 9.17) is 26.8 Å². The number of anilines is 1. The van der Waals surface area contributed by atoms with Crippen molar-refractivity contribution in [2.24, 2.45) is 12.8 Å². The third-order valence-corrected chi connectivity index (χ3v) is 8.19. The van der Waals surface area contributed by atoms with Gasteiger partial charge >= 0.3 is 5.97 Å². The summed E-state index contributed by atoms with van der Waals surface area (Å²) >= 11 is 6.23. The molecule has 3 N–H and O–H groups in total.